The van der Waals surface area contributed by atoms with E-state index in [1.165, 1.54) is 0 Å². The molecule has 2 atom stereocenters. The van der Waals surface area contributed by atoms with Crippen LogP contribution in [0, 0.1) is 0 Å². The van der Waals surface area contributed by atoms with Gasteiger partial charge in [0.05, 0.1) is 11.7 Å². The normalized spacial score (nSPS) is 22.2. The van der Waals surface area contributed by atoms with Gasteiger partial charge in [-0.15, -0.1) is 0 Å². The zero-order valence-corrected chi connectivity index (χ0v) is 18.2. The van der Waals surface area contributed by atoms with Gasteiger partial charge in [-0.05, 0) is 41.9 Å². The molecule has 0 radical (unpaired) electrons. The Morgan fingerprint density at radius 1 is 1.28 bits per heavy atom. The van der Waals surface area contributed by atoms with Crippen LogP contribution in [-0.2, 0) is 4.74 Å². The molecule has 1 unspecified atom stereocenters. The van der Waals surface area contributed by atoms with Gasteiger partial charge in [0.25, 0.3) is 5.91 Å². The van der Waals surface area contributed by atoms with E-state index < -0.39 is 5.66 Å². The summed E-state index contributed by atoms with van der Waals surface area (Å²) in [7, 11) is 0. The Morgan fingerprint density at radius 2 is 2.07 bits per heavy atom. The fourth-order valence-electron chi connectivity index (χ4n) is 4.21. The molecule has 6 heteroatoms. The van der Waals surface area contributed by atoms with E-state index in [0.717, 1.165) is 48.0 Å². The SMILES string of the molecule is CCCOCC[C@]1(N)NCCN(C(=O)c2cccc3ccccc23)C1CCCS. The molecule has 29 heavy (non-hydrogen) atoms. The molecule has 1 aliphatic rings. The number of nitrogens with one attached hydrogen (secondary N) is 1. The van der Waals surface area contributed by atoms with E-state index >= 15 is 0 Å². The molecule has 1 amide bonds. The number of hydrogen-bond donors (Lipinski definition) is 3. The second-order valence-corrected chi connectivity index (χ2v) is 8.18. The smallest absolute Gasteiger partial charge is 0.254 e. The first-order valence-corrected chi connectivity index (χ1v) is 11.2. The summed E-state index contributed by atoms with van der Waals surface area (Å²) in [6.45, 7) is 4.74. The minimum absolute atomic E-state index is 0.0526. The second kappa shape index (κ2) is 10.4. The van der Waals surface area contributed by atoms with Crippen molar-refractivity contribution in [3.63, 3.8) is 0 Å². The third kappa shape index (κ3) is 5.12. The maximum absolute atomic E-state index is 13.6. The Morgan fingerprint density at radius 3 is 2.86 bits per heavy atom. The summed E-state index contributed by atoms with van der Waals surface area (Å²) in [6, 6.07) is 13.9. The number of benzene rings is 2. The van der Waals surface area contributed by atoms with Crippen LogP contribution in [0.1, 0.15) is 43.0 Å². The Balaban J connectivity index is 1.87. The van der Waals surface area contributed by atoms with Crippen molar-refractivity contribution in [1.29, 1.82) is 0 Å². The van der Waals surface area contributed by atoms with Crippen molar-refractivity contribution in [2.75, 3.05) is 32.1 Å². The van der Waals surface area contributed by atoms with Gasteiger partial charge in [-0.25, -0.2) is 0 Å². The molecular weight excluding hydrogens is 382 g/mol. The van der Waals surface area contributed by atoms with Crippen LogP contribution >= 0.6 is 12.6 Å². The highest BCUT2D eigenvalue weighted by Crippen LogP contribution is 2.28. The number of carbonyl (C=O) groups is 1. The highest BCUT2D eigenvalue weighted by Gasteiger charge is 2.43. The minimum Gasteiger partial charge on any atom is -0.381 e. The van der Waals surface area contributed by atoms with Gasteiger partial charge in [-0.3, -0.25) is 10.1 Å². The fraction of sp³-hybridized carbons (Fsp3) is 0.522. The summed E-state index contributed by atoms with van der Waals surface area (Å²) >= 11 is 4.39. The molecule has 0 aromatic heterocycles. The molecule has 3 rings (SSSR count). The zero-order valence-electron chi connectivity index (χ0n) is 17.3. The van der Waals surface area contributed by atoms with E-state index in [1.54, 1.807) is 0 Å². The van der Waals surface area contributed by atoms with Gasteiger partial charge in [0.2, 0.25) is 0 Å². The molecule has 2 aromatic carbocycles. The number of thiol groups is 1. The number of carbonyl (C=O) groups excluding carboxylic acids is 1. The predicted molar refractivity (Wildman–Crippen MR) is 123 cm³/mol. The van der Waals surface area contributed by atoms with Gasteiger partial charge in [-0.2, -0.15) is 12.6 Å². The maximum atomic E-state index is 13.6. The fourth-order valence-corrected chi connectivity index (χ4v) is 4.39. The summed E-state index contributed by atoms with van der Waals surface area (Å²) in [4.78, 5) is 15.6. The van der Waals surface area contributed by atoms with Crippen molar-refractivity contribution < 1.29 is 9.53 Å². The van der Waals surface area contributed by atoms with E-state index in [9.17, 15) is 4.79 Å². The van der Waals surface area contributed by atoms with Crippen molar-refractivity contribution in [2.24, 2.45) is 5.73 Å². The molecule has 3 N–H and O–H groups in total. The minimum atomic E-state index is -0.658. The number of rotatable bonds is 9. The molecule has 0 spiro atoms. The molecule has 1 fully saturated rings. The summed E-state index contributed by atoms with van der Waals surface area (Å²) in [6.07, 6.45) is 3.38. The van der Waals surface area contributed by atoms with E-state index in [2.05, 4.69) is 24.9 Å². The van der Waals surface area contributed by atoms with Crippen LogP contribution < -0.4 is 11.1 Å². The van der Waals surface area contributed by atoms with Gasteiger partial charge in [0, 0.05) is 38.3 Å². The molecule has 0 bridgehead atoms. The number of nitrogens with two attached hydrogens (primary N) is 1. The molecule has 158 valence electrons. The standard InChI is InChI=1S/C23H33N3O2S/c1-2-15-28-16-12-23(24)21(11-6-17-29)26(14-13-25-23)22(27)20-10-5-8-18-7-3-4-9-19(18)20/h3-5,7-10,21,25,29H,2,6,11-17,24H2,1H3/t21?,23-/m0/s1. The summed E-state index contributed by atoms with van der Waals surface area (Å²) < 4.78 is 5.70. The van der Waals surface area contributed by atoms with Gasteiger partial charge in [0.15, 0.2) is 0 Å². The lowest BCUT2D eigenvalue weighted by molar-refractivity contribution is 0.0196. The second-order valence-electron chi connectivity index (χ2n) is 7.74. The van der Waals surface area contributed by atoms with Crippen LogP contribution in [0.5, 0.6) is 0 Å². The molecule has 5 nitrogen and oxygen atoms in total. The first-order valence-electron chi connectivity index (χ1n) is 10.6. The van der Waals surface area contributed by atoms with Crippen LogP contribution in [-0.4, -0.2) is 54.6 Å². The molecular formula is C23H33N3O2S. The Kier molecular flexibility index (Phi) is 7.95. The highest BCUT2D eigenvalue weighted by molar-refractivity contribution is 7.80. The average molecular weight is 416 g/mol. The number of piperazine rings is 1. The number of hydrogen-bond acceptors (Lipinski definition) is 5. The van der Waals surface area contributed by atoms with E-state index in [1.807, 2.05) is 47.4 Å². The Hall–Kier alpha value is -1.60. The summed E-state index contributed by atoms with van der Waals surface area (Å²) in [5.41, 5.74) is 6.92. The molecule has 0 aliphatic carbocycles. The molecule has 2 aromatic rings. The lowest BCUT2D eigenvalue weighted by Crippen LogP contribution is -2.72. The number of ether oxygens (including phenoxy) is 1. The van der Waals surface area contributed by atoms with Crippen LogP contribution in [0.25, 0.3) is 10.8 Å². The number of nitrogens with zero attached hydrogens (tertiary/aromatic N) is 1. The lowest BCUT2D eigenvalue weighted by Gasteiger charge is -2.49. The monoisotopic (exact) mass is 415 g/mol. The third-order valence-corrected chi connectivity index (χ3v) is 6.02. The van der Waals surface area contributed by atoms with Crippen molar-refractivity contribution in [1.82, 2.24) is 10.2 Å². The largest absolute Gasteiger partial charge is 0.381 e. The zero-order chi connectivity index (χ0) is 20.7. The van der Waals surface area contributed by atoms with Gasteiger partial charge >= 0.3 is 0 Å². The Labute approximate surface area is 179 Å². The Bertz CT molecular complexity index is 810. The van der Waals surface area contributed by atoms with Crippen LogP contribution in [0.15, 0.2) is 42.5 Å². The summed E-state index contributed by atoms with van der Waals surface area (Å²) in [5.74, 6) is 0.826. The maximum Gasteiger partial charge on any atom is 0.254 e. The number of fused-ring (bicyclic) bond motifs is 1. The van der Waals surface area contributed by atoms with Crippen LogP contribution in [0.3, 0.4) is 0 Å². The van der Waals surface area contributed by atoms with Gasteiger partial charge in [-0.1, -0.05) is 43.3 Å². The van der Waals surface area contributed by atoms with Gasteiger partial charge < -0.3 is 15.4 Å². The molecule has 1 aliphatic heterocycles. The molecule has 1 saturated heterocycles. The predicted octanol–water partition coefficient (Wildman–Crippen LogP) is 3.44. The van der Waals surface area contributed by atoms with Gasteiger partial charge in [0.1, 0.15) is 0 Å². The third-order valence-electron chi connectivity index (χ3n) is 5.70. The van der Waals surface area contributed by atoms with Crippen molar-refractivity contribution >= 4 is 29.3 Å². The van der Waals surface area contributed by atoms with Crippen LogP contribution in [0.2, 0.25) is 0 Å². The molecule has 0 saturated carbocycles. The highest BCUT2D eigenvalue weighted by atomic mass is 32.1. The first kappa shape index (κ1) is 22.1. The van der Waals surface area contributed by atoms with E-state index in [0.29, 0.717) is 26.1 Å². The van der Waals surface area contributed by atoms with E-state index in [-0.39, 0.29) is 11.9 Å². The summed E-state index contributed by atoms with van der Waals surface area (Å²) in [5, 5.41) is 5.55. The number of amides is 1. The topological polar surface area (TPSA) is 67.6 Å². The first-order chi connectivity index (χ1) is 14.1. The average Bonchev–Trinajstić information content (AvgIpc) is 2.75. The molecule has 1 heterocycles. The van der Waals surface area contributed by atoms with Crippen molar-refractivity contribution in [2.45, 2.75) is 44.3 Å². The van der Waals surface area contributed by atoms with Crippen molar-refractivity contribution in [3.8, 4) is 0 Å². The quantitative estimate of drug-likeness (QED) is 0.434. The lowest BCUT2D eigenvalue weighted by atomic mass is 9.89. The van der Waals surface area contributed by atoms with Crippen LogP contribution in [0.4, 0.5) is 0 Å². The van der Waals surface area contributed by atoms with E-state index in [4.69, 9.17) is 10.5 Å². The van der Waals surface area contributed by atoms with Crippen molar-refractivity contribution in [3.05, 3.63) is 48.0 Å².